The Bertz CT molecular complexity index is 749. The maximum absolute atomic E-state index is 11.7. The minimum atomic E-state index is -0.353. The molecular formula is C18H17N3O3. The van der Waals surface area contributed by atoms with Crippen LogP contribution in [0.2, 0.25) is 0 Å². The van der Waals surface area contributed by atoms with Gasteiger partial charge in [0.2, 0.25) is 0 Å². The van der Waals surface area contributed by atoms with Crippen LogP contribution in [-0.2, 0) is 9.63 Å². The van der Waals surface area contributed by atoms with Crippen molar-refractivity contribution in [3.63, 3.8) is 0 Å². The van der Waals surface area contributed by atoms with E-state index >= 15 is 0 Å². The van der Waals surface area contributed by atoms with Crippen LogP contribution in [0.3, 0.4) is 0 Å². The summed E-state index contributed by atoms with van der Waals surface area (Å²) in [6, 6.07) is 16.0. The molecule has 2 aromatic carbocycles. The van der Waals surface area contributed by atoms with Crippen LogP contribution in [0.25, 0.3) is 0 Å². The Morgan fingerprint density at radius 1 is 1.29 bits per heavy atom. The second kappa shape index (κ2) is 8.96. The first-order valence-electron chi connectivity index (χ1n) is 7.39. The second-order valence-corrected chi connectivity index (χ2v) is 4.75. The zero-order valence-electron chi connectivity index (χ0n) is 13.2. The Kier molecular flexibility index (Phi) is 6.35. The lowest BCUT2D eigenvalue weighted by molar-refractivity contribution is -0.120. The van der Waals surface area contributed by atoms with Crippen LogP contribution in [0.4, 0.5) is 5.69 Å². The van der Waals surface area contributed by atoms with E-state index in [1.54, 1.807) is 24.3 Å². The highest BCUT2D eigenvalue weighted by molar-refractivity contribution is 5.91. The Hall–Kier alpha value is -3.33. The number of nitrogens with one attached hydrogen (secondary N) is 1. The number of rotatable bonds is 7. The van der Waals surface area contributed by atoms with Gasteiger partial charge < -0.3 is 14.9 Å². The molecule has 0 aliphatic rings. The predicted octanol–water partition coefficient (Wildman–Crippen LogP) is 2.95. The van der Waals surface area contributed by atoms with Crippen molar-refractivity contribution in [2.24, 2.45) is 5.16 Å². The number of oxime groups is 1. The van der Waals surface area contributed by atoms with Crippen molar-refractivity contribution in [2.75, 3.05) is 18.5 Å². The van der Waals surface area contributed by atoms with E-state index in [4.69, 9.17) is 14.8 Å². The van der Waals surface area contributed by atoms with E-state index in [2.05, 4.69) is 10.5 Å². The molecule has 0 bridgehead atoms. The molecular weight excluding hydrogens is 306 g/mol. The predicted molar refractivity (Wildman–Crippen MR) is 90.9 cm³/mol. The minimum absolute atomic E-state index is 0.218. The fourth-order valence-electron chi connectivity index (χ4n) is 1.87. The van der Waals surface area contributed by atoms with Crippen molar-refractivity contribution < 1.29 is 14.4 Å². The summed E-state index contributed by atoms with van der Waals surface area (Å²) in [5, 5.41) is 15.2. The second-order valence-electron chi connectivity index (χ2n) is 4.75. The summed E-state index contributed by atoms with van der Waals surface area (Å²) in [6.07, 6.45) is 1.51. The maximum atomic E-state index is 11.7. The molecule has 6 heteroatoms. The number of nitrogens with zero attached hydrogens (tertiary/aromatic N) is 2. The van der Waals surface area contributed by atoms with Crippen molar-refractivity contribution in [2.45, 2.75) is 6.92 Å². The van der Waals surface area contributed by atoms with Gasteiger partial charge in [-0.3, -0.25) is 4.79 Å². The molecule has 0 aromatic heterocycles. The summed E-state index contributed by atoms with van der Waals surface area (Å²) in [7, 11) is 0. The summed E-state index contributed by atoms with van der Waals surface area (Å²) < 4.78 is 5.34. The number of carbonyl (C=O) groups is 1. The van der Waals surface area contributed by atoms with Crippen molar-refractivity contribution in [1.29, 1.82) is 5.26 Å². The number of benzene rings is 2. The normalized spacial score (nSPS) is 10.2. The largest absolute Gasteiger partial charge is 0.494 e. The van der Waals surface area contributed by atoms with Gasteiger partial charge in [-0.1, -0.05) is 11.2 Å². The van der Waals surface area contributed by atoms with E-state index in [0.29, 0.717) is 17.9 Å². The third-order valence-corrected chi connectivity index (χ3v) is 2.94. The number of hydrogen-bond acceptors (Lipinski definition) is 5. The Morgan fingerprint density at radius 2 is 2.08 bits per heavy atom. The number of amides is 1. The van der Waals surface area contributed by atoms with Crippen molar-refractivity contribution in [3.8, 4) is 11.8 Å². The van der Waals surface area contributed by atoms with E-state index in [1.165, 1.54) is 6.21 Å². The summed E-state index contributed by atoms with van der Waals surface area (Å²) in [5.74, 6) is 0.434. The summed E-state index contributed by atoms with van der Waals surface area (Å²) in [5.41, 5.74) is 1.85. The molecule has 1 N–H and O–H groups in total. The van der Waals surface area contributed by atoms with E-state index < -0.39 is 0 Å². The number of anilines is 1. The van der Waals surface area contributed by atoms with Crippen LogP contribution >= 0.6 is 0 Å². The molecule has 0 aliphatic carbocycles. The van der Waals surface area contributed by atoms with Gasteiger partial charge in [0.1, 0.15) is 5.75 Å². The lowest BCUT2D eigenvalue weighted by Gasteiger charge is -2.04. The smallest absolute Gasteiger partial charge is 0.265 e. The molecule has 0 saturated heterocycles. The third-order valence-electron chi connectivity index (χ3n) is 2.94. The number of ether oxygens (including phenoxy) is 1. The number of hydrogen-bond donors (Lipinski definition) is 1. The molecule has 1 amide bonds. The lowest BCUT2D eigenvalue weighted by Crippen LogP contribution is -2.17. The maximum Gasteiger partial charge on any atom is 0.265 e. The molecule has 0 saturated carbocycles. The SMILES string of the molecule is CCOc1ccc(/C=N\OCC(=O)Nc2cccc(C#N)c2)cc1. The van der Waals surface area contributed by atoms with Gasteiger partial charge >= 0.3 is 0 Å². The van der Waals surface area contributed by atoms with Gasteiger partial charge in [-0.25, -0.2) is 0 Å². The summed E-state index contributed by atoms with van der Waals surface area (Å²) in [6.45, 7) is 2.32. The van der Waals surface area contributed by atoms with Gasteiger partial charge in [0.25, 0.3) is 5.91 Å². The Morgan fingerprint density at radius 3 is 2.79 bits per heavy atom. The molecule has 0 unspecified atom stereocenters. The van der Waals surface area contributed by atoms with Gasteiger partial charge in [0.15, 0.2) is 6.61 Å². The molecule has 24 heavy (non-hydrogen) atoms. The van der Waals surface area contributed by atoms with Gasteiger partial charge in [-0.05, 0) is 55.0 Å². The van der Waals surface area contributed by atoms with E-state index in [1.807, 2.05) is 37.3 Å². The molecule has 0 fully saturated rings. The molecule has 0 heterocycles. The van der Waals surface area contributed by atoms with Crippen LogP contribution in [0, 0.1) is 11.3 Å². The fourth-order valence-corrected chi connectivity index (χ4v) is 1.87. The van der Waals surface area contributed by atoms with E-state index in [9.17, 15) is 4.79 Å². The van der Waals surface area contributed by atoms with Crippen LogP contribution < -0.4 is 10.1 Å². The topological polar surface area (TPSA) is 83.7 Å². The Balaban J connectivity index is 1.78. The van der Waals surface area contributed by atoms with Crippen LogP contribution in [0.1, 0.15) is 18.1 Å². The first-order chi connectivity index (χ1) is 11.7. The molecule has 122 valence electrons. The highest BCUT2D eigenvalue weighted by Gasteiger charge is 2.03. The quantitative estimate of drug-likeness (QED) is 0.627. The van der Waals surface area contributed by atoms with Crippen molar-refractivity contribution >= 4 is 17.8 Å². The molecule has 2 aromatic rings. The van der Waals surface area contributed by atoms with Crippen molar-refractivity contribution in [1.82, 2.24) is 0 Å². The van der Waals surface area contributed by atoms with Crippen LogP contribution in [-0.4, -0.2) is 25.3 Å². The first-order valence-corrected chi connectivity index (χ1v) is 7.39. The van der Waals surface area contributed by atoms with Crippen molar-refractivity contribution in [3.05, 3.63) is 59.7 Å². The van der Waals surface area contributed by atoms with E-state index in [-0.39, 0.29) is 12.5 Å². The molecule has 0 spiro atoms. The molecule has 0 radical (unpaired) electrons. The average Bonchev–Trinajstić information content (AvgIpc) is 2.60. The monoisotopic (exact) mass is 323 g/mol. The number of nitriles is 1. The lowest BCUT2D eigenvalue weighted by atomic mass is 10.2. The summed E-state index contributed by atoms with van der Waals surface area (Å²) in [4.78, 5) is 16.7. The average molecular weight is 323 g/mol. The van der Waals surface area contributed by atoms with Gasteiger partial charge in [-0.15, -0.1) is 0 Å². The summed E-state index contributed by atoms with van der Waals surface area (Å²) >= 11 is 0. The Labute approximate surface area is 140 Å². The zero-order valence-corrected chi connectivity index (χ0v) is 13.2. The fraction of sp³-hybridized carbons (Fsp3) is 0.167. The van der Waals surface area contributed by atoms with Gasteiger partial charge in [-0.2, -0.15) is 5.26 Å². The first kappa shape index (κ1) is 17.0. The molecule has 0 aliphatic heterocycles. The standard InChI is InChI=1S/C18H17N3O3/c1-2-23-17-8-6-14(7-9-17)12-20-24-13-18(22)21-16-5-3-4-15(10-16)11-19/h3-10,12H,2,13H2,1H3,(H,21,22)/b20-12-. The van der Waals surface area contributed by atoms with Gasteiger partial charge in [0, 0.05) is 5.69 Å². The highest BCUT2D eigenvalue weighted by atomic mass is 16.6. The zero-order chi connectivity index (χ0) is 17.2. The minimum Gasteiger partial charge on any atom is -0.494 e. The van der Waals surface area contributed by atoms with E-state index in [0.717, 1.165) is 11.3 Å². The van der Waals surface area contributed by atoms with Gasteiger partial charge in [0.05, 0.1) is 24.5 Å². The number of carbonyl (C=O) groups excluding carboxylic acids is 1. The molecule has 6 nitrogen and oxygen atoms in total. The molecule has 0 atom stereocenters. The van der Waals surface area contributed by atoms with Crippen LogP contribution in [0.15, 0.2) is 53.7 Å². The highest BCUT2D eigenvalue weighted by Crippen LogP contribution is 2.11. The van der Waals surface area contributed by atoms with Crippen LogP contribution in [0.5, 0.6) is 5.75 Å². The molecule has 2 rings (SSSR count). The third kappa shape index (κ3) is 5.46.